The van der Waals surface area contributed by atoms with E-state index in [1.54, 1.807) is 0 Å². The van der Waals surface area contributed by atoms with Crippen molar-refractivity contribution in [3.8, 4) is 0 Å². The highest BCUT2D eigenvalue weighted by Crippen LogP contribution is 2.09. The molecule has 0 spiro atoms. The second-order valence-corrected chi connectivity index (χ2v) is 3.72. The van der Waals surface area contributed by atoms with Gasteiger partial charge in [0.15, 0.2) is 0 Å². The molecule has 0 aliphatic rings. The maximum Gasteiger partial charge on any atom is 0.213 e. The Morgan fingerprint density at radius 3 is 2.60 bits per heavy atom. The van der Waals surface area contributed by atoms with Gasteiger partial charge in [-0.1, -0.05) is 17.7 Å². The fraction of sp³-hybridized carbons (Fsp3) is 0.200. The van der Waals surface area contributed by atoms with Crippen molar-refractivity contribution in [1.29, 1.82) is 0 Å². The van der Waals surface area contributed by atoms with Crippen LogP contribution in [0.25, 0.3) is 0 Å². The fourth-order valence-electron chi connectivity index (χ4n) is 1.25. The number of nitrogens with zero attached hydrogens (tertiary/aromatic N) is 1. The van der Waals surface area contributed by atoms with Crippen molar-refractivity contribution in [2.75, 3.05) is 5.32 Å². The minimum Gasteiger partial charge on any atom is -0.378 e. The third-order valence-corrected chi connectivity index (χ3v) is 2.26. The highest BCUT2D eigenvalue weighted by atomic mass is 32.1. The number of aromatic amines is 2. The van der Waals surface area contributed by atoms with E-state index in [0.29, 0.717) is 11.3 Å². The summed E-state index contributed by atoms with van der Waals surface area (Å²) in [5.41, 5.74) is 2.32. The number of H-pyrrole nitrogens is 2. The number of hydrogen-bond donors (Lipinski definition) is 3. The van der Waals surface area contributed by atoms with Gasteiger partial charge in [0.2, 0.25) is 4.77 Å². The molecule has 0 saturated heterocycles. The lowest BCUT2D eigenvalue weighted by Crippen LogP contribution is -2.00. The normalized spacial score (nSPS) is 10.2. The molecule has 3 N–H and O–H groups in total. The smallest absolute Gasteiger partial charge is 0.213 e. The molecule has 1 aromatic carbocycles. The third kappa shape index (κ3) is 2.66. The molecule has 0 unspecified atom stereocenters. The molecule has 2 aromatic rings. The number of hydrogen-bond acceptors (Lipinski definition) is 3. The zero-order chi connectivity index (χ0) is 10.7. The van der Waals surface area contributed by atoms with E-state index in [1.165, 1.54) is 5.56 Å². The number of rotatable bonds is 3. The van der Waals surface area contributed by atoms with Gasteiger partial charge in [-0.3, -0.25) is 10.2 Å². The van der Waals surface area contributed by atoms with Crippen LogP contribution in [-0.4, -0.2) is 15.2 Å². The zero-order valence-electron chi connectivity index (χ0n) is 8.37. The molecule has 78 valence electrons. The van der Waals surface area contributed by atoms with Crippen molar-refractivity contribution in [2.45, 2.75) is 13.5 Å². The number of aryl methyl sites for hydroxylation is 1. The van der Waals surface area contributed by atoms with Gasteiger partial charge in [0.05, 0.1) is 6.54 Å². The lowest BCUT2D eigenvalue weighted by Gasteiger charge is -2.03. The molecule has 0 fully saturated rings. The van der Waals surface area contributed by atoms with E-state index in [2.05, 4.69) is 39.6 Å². The van der Waals surface area contributed by atoms with Gasteiger partial charge in [-0.15, -0.1) is 0 Å². The Kier molecular flexibility index (Phi) is 2.82. The summed E-state index contributed by atoms with van der Waals surface area (Å²) in [6, 6.07) is 8.21. The molecular formula is C10H12N4S. The molecule has 0 saturated carbocycles. The van der Waals surface area contributed by atoms with Gasteiger partial charge in [-0.25, -0.2) is 4.98 Å². The van der Waals surface area contributed by atoms with Crippen LogP contribution in [-0.2, 0) is 6.54 Å². The summed E-state index contributed by atoms with van der Waals surface area (Å²) in [5.74, 6) is 0.806. The molecule has 1 heterocycles. The minimum atomic E-state index is 0.482. The van der Waals surface area contributed by atoms with Crippen LogP contribution in [0.2, 0.25) is 0 Å². The number of aromatic nitrogens is 3. The first-order valence-corrected chi connectivity index (χ1v) is 5.09. The van der Waals surface area contributed by atoms with Crippen molar-refractivity contribution >= 4 is 17.9 Å². The Balaban J connectivity index is 1.99. The van der Waals surface area contributed by atoms with Crippen LogP contribution in [0.3, 0.4) is 0 Å². The first-order valence-electron chi connectivity index (χ1n) is 4.68. The van der Waals surface area contributed by atoms with E-state index >= 15 is 0 Å². The molecule has 0 aliphatic heterocycles. The molecule has 2 rings (SSSR count). The van der Waals surface area contributed by atoms with Crippen molar-refractivity contribution in [3.05, 3.63) is 40.4 Å². The summed E-state index contributed by atoms with van der Waals surface area (Å²) in [5, 5.41) is 8.88. The van der Waals surface area contributed by atoms with Gasteiger partial charge >= 0.3 is 0 Å². The van der Waals surface area contributed by atoms with Crippen LogP contribution in [0.1, 0.15) is 11.4 Å². The largest absolute Gasteiger partial charge is 0.378 e. The fourth-order valence-corrected chi connectivity index (χ4v) is 1.41. The van der Waals surface area contributed by atoms with Crippen LogP contribution in [0, 0.1) is 11.7 Å². The van der Waals surface area contributed by atoms with E-state index in [0.717, 1.165) is 11.5 Å². The highest BCUT2D eigenvalue weighted by molar-refractivity contribution is 7.71. The van der Waals surface area contributed by atoms with Crippen molar-refractivity contribution in [3.63, 3.8) is 0 Å². The predicted octanol–water partition coefficient (Wildman–Crippen LogP) is 2.39. The summed E-state index contributed by atoms with van der Waals surface area (Å²) in [7, 11) is 0. The molecule has 0 amide bonds. The molecule has 4 nitrogen and oxygen atoms in total. The lowest BCUT2D eigenvalue weighted by molar-refractivity contribution is 0.954. The Morgan fingerprint density at radius 1 is 1.27 bits per heavy atom. The molecule has 0 bridgehead atoms. The zero-order valence-corrected chi connectivity index (χ0v) is 9.19. The lowest BCUT2D eigenvalue weighted by atomic mass is 10.2. The monoisotopic (exact) mass is 220 g/mol. The van der Waals surface area contributed by atoms with Crippen LogP contribution in [0.15, 0.2) is 24.3 Å². The molecule has 15 heavy (non-hydrogen) atoms. The molecule has 0 atom stereocenters. The first-order chi connectivity index (χ1) is 7.24. The summed E-state index contributed by atoms with van der Waals surface area (Å²) in [6.45, 7) is 2.70. The van der Waals surface area contributed by atoms with Crippen molar-refractivity contribution in [1.82, 2.24) is 15.2 Å². The SMILES string of the molecule is Cc1ccc(NCc2nc(=S)[nH][nH]2)cc1. The maximum absolute atomic E-state index is 4.86. The number of anilines is 1. The van der Waals surface area contributed by atoms with Gasteiger partial charge in [0, 0.05) is 5.69 Å². The topological polar surface area (TPSA) is 56.5 Å². The maximum atomic E-state index is 4.86. The predicted molar refractivity (Wildman–Crippen MR) is 62.3 cm³/mol. The molecule has 1 aromatic heterocycles. The van der Waals surface area contributed by atoms with E-state index < -0.39 is 0 Å². The van der Waals surface area contributed by atoms with Crippen molar-refractivity contribution in [2.24, 2.45) is 0 Å². The van der Waals surface area contributed by atoms with Gasteiger partial charge in [-0.2, -0.15) is 0 Å². The Morgan fingerprint density at radius 2 is 2.00 bits per heavy atom. The average Bonchev–Trinajstić information content (AvgIpc) is 2.64. The summed E-state index contributed by atoms with van der Waals surface area (Å²) >= 11 is 4.86. The van der Waals surface area contributed by atoms with E-state index in [9.17, 15) is 0 Å². The van der Waals surface area contributed by atoms with E-state index in [-0.39, 0.29) is 0 Å². The Hall–Kier alpha value is -1.62. The number of nitrogens with one attached hydrogen (secondary N) is 3. The van der Waals surface area contributed by atoms with Gasteiger partial charge in [-0.05, 0) is 31.3 Å². The molecule has 5 heteroatoms. The molecule has 0 aliphatic carbocycles. The quantitative estimate of drug-likeness (QED) is 0.696. The van der Waals surface area contributed by atoms with Crippen LogP contribution in [0.5, 0.6) is 0 Å². The molecular weight excluding hydrogens is 208 g/mol. The minimum absolute atomic E-state index is 0.482. The van der Waals surface area contributed by atoms with E-state index in [1.807, 2.05) is 12.1 Å². The van der Waals surface area contributed by atoms with Gasteiger partial charge in [0.1, 0.15) is 5.82 Å². The second-order valence-electron chi connectivity index (χ2n) is 3.33. The standard InChI is InChI=1S/C10H12N4S/c1-7-2-4-8(5-3-7)11-6-9-12-10(15)14-13-9/h2-5,11H,6H2,1H3,(H2,12,13,14,15). The van der Waals surface area contributed by atoms with Crippen LogP contribution in [0.4, 0.5) is 5.69 Å². The third-order valence-electron chi connectivity index (χ3n) is 2.06. The molecule has 0 radical (unpaired) electrons. The van der Waals surface area contributed by atoms with Crippen LogP contribution < -0.4 is 5.32 Å². The van der Waals surface area contributed by atoms with Crippen molar-refractivity contribution < 1.29 is 0 Å². The van der Waals surface area contributed by atoms with E-state index in [4.69, 9.17) is 12.2 Å². The Labute approximate surface area is 92.7 Å². The second kappa shape index (κ2) is 4.27. The number of benzene rings is 1. The summed E-state index contributed by atoms with van der Waals surface area (Å²) in [6.07, 6.45) is 0. The van der Waals surface area contributed by atoms with Gasteiger partial charge in [0.25, 0.3) is 0 Å². The Bertz CT molecular complexity index is 483. The average molecular weight is 220 g/mol. The van der Waals surface area contributed by atoms with Crippen LogP contribution >= 0.6 is 12.2 Å². The summed E-state index contributed by atoms with van der Waals surface area (Å²) < 4.78 is 0.482. The van der Waals surface area contributed by atoms with Gasteiger partial charge < -0.3 is 5.32 Å². The highest BCUT2D eigenvalue weighted by Gasteiger charge is 1.96. The summed E-state index contributed by atoms with van der Waals surface area (Å²) in [4.78, 5) is 4.08. The first kappa shape index (κ1) is 9.92.